The summed E-state index contributed by atoms with van der Waals surface area (Å²) in [6.45, 7) is 1.23. The number of halogens is 1. The number of nitro groups is 1. The number of hydrazine groups is 1. The van der Waals surface area contributed by atoms with Gasteiger partial charge in [-0.25, -0.2) is 15.2 Å². The number of aryl methyl sites for hydroxylation is 1. The van der Waals surface area contributed by atoms with Crippen LogP contribution in [0.25, 0.3) is 0 Å². The van der Waals surface area contributed by atoms with Crippen LogP contribution in [-0.2, 0) is 6.61 Å². The quantitative estimate of drug-likeness (QED) is 0.489. The van der Waals surface area contributed by atoms with Crippen molar-refractivity contribution in [1.82, 2.24) is 9.97 Å². The highest BCUT2D eigenvalue weighted by Gasteiger charge is 2.23. The largest absolute Gasteiger partial charge is 0.468 e. The molecule has 2 aromatic rings. The number of aromatic nitrogens is 2. The molecule has 3 N–H and O–H groups in total. The average molecular weight is 293 g/mol. The lowest BCUT2D eigenvalue weighted by Crippen LogP contribution is -2.13. The Balaban J connectivity index is 2.32. The fourth-order valence-corrected chi connectivity index (χ4v) is 1.68. The van der Waals surface area contributed by atoms with Crippen LogP contribution in [0.1, 0.15) is 11.3 Å². The number of nitrogens with two attached hydrogens (primary N) is 1. The van der Waals surface area contributed by atoms with E-state index < -0.39 is 10.7 Å². The lowest BCUT2D eigenvalue weighted by atomic mass is 10.2. The topological polar surface area (TPSA) is 116 Å². The smallest absolute Gasteiger partial charge is 0.352 e. The van der Waals surface area contributed by atoms with Crippen molar-refractivity contribution in [2.75, 3.05) is 5.43 Å². The fraction of sp³-hybridized carbons (Fsp3) is 0.167. The first-order valence-corrected chi connectivity index (χ1v) is 5.88. The Morgan fingerprint density at radius 2 is 2.14 bits per heavy atom. The molecule has 0 fully saturated rings. The molecule has 0 aliphatic heterocycles. The van der Waals surface area contributed by atoms with Crippen LogP contribution in [0.2, 0.25) is 0 Å². The lowest BCUT2D eigenvalue weighted by molar-refractivity contribution is -0.387. The molecular formula is C12H12FN5O3. The fourth-order valence-electron chi connectivity index (χ4n) is 1.68. The van der Waals surface area contributed by atoms with Gasteiger partial charge >= 0.3 is 5.69 Å². The number of anilines is 1. The monoisotopic (exact) mass is 293 g/mol. The third-order valence-corrected chi connectivity index (χ3v) is 2.66. The van der Waals surface area contributed by atoms with Gasteiger partial charge in [0.15, 0.2) is 0 Å². The molecule has 0 radical (unpaired) electrons. The lowest BCUT2D eigenvalue weighted by Gasteiger charge is -2.09. The molecule has 1 heterocycles. The summed E-state index contributed by atoms with van der Waals surface area (Å²) in [5.41, 5.74) is 2.15. The molecule has 1 aromatic heterocycles. The molecule has 0 aliphatic rings. The van der Waals surface area contributed by atoms with Gasteiger partial charge in [-0.3, -0.25) is 15.5 Å². The molecule has 0 aliphatic carbocycles. The number of nitrogen functional groups attached to an aromatic ring is 1. The van der Waals surface area contributed by atoms with Crippen molar-refractivity contribution < 1.29 is 14.1 Å². The number of ether oxygens (including phenoxy) is 1. The molecule has 0 atom stereocenters. The summed E-state index contributed by atoms with van der Waals surface area (Å²) in [7, 11) is 0. The van der Waals surface area contributed by atoms with E-state index in [4.69, 9.17) is 10.6 Å². The van der Waals surface area contributed by atoms with Crippen LogP contribution in [0.3, 0.4) is 0 Å². The normalized spacial score (nSPS) is 10.2. The van der Waals surface area contributed by atoms with Crippen molar-refractivity contribution in [1.29, 1.82) is 0 Å². The van der Waals surface area contributed by atoms with E-state index in [0.717, 1.165) is 0 Å². The Kier molecular flexibility index (Phi) is 4.24. The van der Waals surface area contributed by atoms with Crippen LogP contribution < -0.4 is 16.0 Å². The zero-order valence-electron chi connectivity index (χ0n) is 11.0. The van der Waals surface area contributed by atoms with Gasteiger partial charge in [-0.1, -0.05) is 18.2 Å². The van der Waals surface area contributed by atoms with Crippen molar-refractivity contribution in [2.45, 2.75) is 13.5 Å². The molecule has 0 bridgehead atoms. The highest BCUT2D eigenvalue weighted by Crippen LogP contribution is 2.29. The van der Waals surface area contributed by atoms with Crippen molar-refractivity contribution in [3.05, 3.63) is 51.5 Å². The summed E-state index contributed by atoms with van der Waals surface area (Å²) in [4.78, 5) is 18.0. The number of hydrogen-bond donors (Lipinski definition) is 2. The van der Waals surface area contributed by atoms with E-state index in [0.29, 0.717) is 0 Å². The number of benzene rings is 1. The highest BCUT2D eigenvalue weighted by molar-refractivity contribution is 5.48. The molecule has 0 amide bonds. The second-order valence-electron chi connectivity index (χ2n) is 4.07. The number of hydrogen-bond acceptors (Lipinski definition) is 7. The molecule has 2 rings (SSSR count). The summed E-state index contributed by atoms with van der Waals surface area (Å²) in [6.07, 6.45) is 0. The molecule has 110 valence electrons. The average Bonchev–Trinajstić information content (AvgIpc) is 2.45. The summed E-state index contributed by atoms with van der Waals surface area (Å²) in [5.74, 6) is 4.41. The number of rotatable bonds is 5. The minimum atomic E-state index is -0.660. The van der Waals surface area contributed by atoms with Crippen LogP contribution in [0, 0.1) is 22.9 Å². The maximum atomic E-state index is 13.5. The van der Waals surface area contributed by atoms with E-state index in [1.54, 1.807) is 6.07 Å². The SMILES string of the molecule is Cc1nc(NN)nc(OCc2ccccc2F)c1[N+](=O)[O-]. The number of nitrogens with one attached hydrogen (secondary N) is 1. The van der Waals surface area contributed by atoms with E-state index in [2.05, 4.69) is 15.4 Å². The van der Waals surface area contributed by atoms with E-state index in [9.17, 15) is 14.5 Å². The van der Waals surface area contributed by atoms with Gasteiger partial charge in [0.05, 0.1) is 4.92 Å². The van der Waals surface area contributed by atoms with E-state index in [1.165, 1.54) is 25.1 Å². The Bertz CT molecular complexity index is 680. The van der Waals surface area contributed by atoms with Gasteiger partial charge in [-0.05, 0) is 13.0 Å². The van der Waals surface area contributed by atoms with Gasteiger partial charge in [-0.15, -0.1) is 0 Å². The summed E-state index contributed by atoms with van der Waals surface area (Å²) in [6, 6.07) is 5.95. The third kappa shape index (κ3) is 3.20. The van der Waals surface area contributed by atoms with E-state index in [-0.39, 0.29) is 35.4 Å². The van der Waals surface area contributed by atoms with Crippen LogP contribution in [0.4, 0.5) is 16.0 Å². The molecule has 0 saturated heterocycles. The maximum Gasteiger partial charge on any atom is 0.352 e. The number of nitrogens with zero attached hydrogens (tertiary/aromatic N) is 3. The molecule has 0 saturated carbocycles. The zero-order valence-corrected chi connectivity index (χ0v) is 11.0. The molecule has 0 spiro atoms. The van der Waals surface area contributed by atoms with Crippen LogP contribution in [0.15, 0.2) is 24.3 Å². The van der Waals surface area contributed by atoms with E-state index in [1.807, 2.05) is 0 Å². The van der Waals surface area contributed by atoms with Crippen LogP contribution >= 0.6 is 0 Å². The predicted molar refractivity (Wildman–Crippen MR) is 72.0 cm³/mol. The second-order valence-corrected chi connectivity index (χ2v) is 4.07. The Hall–Kier alpha value is -2.81. The summed E-state index contributed by atoms with van der Waals surface area (Å²) in [5, 5.41) is 11.0. The summed E-state index contributed by atoms with van der Waals surface area (Å²) < 4.78 is 18.8. The zero-order chi connectivity index (χ0) is 15.4. The molecule has 8 nitrogen and oxygen atoms in total. The molecule has 21 heavy (non-hydrogen) atoms. The summed E-state index contributed by atoms with van der Waals surface area (Å²) >= 11 is 0. The first kappa shape index (κ1) is 14.6. The van der Waals surface area contributed by atoms with Gasteiger partial charge in [0, 0.05) is 5.56 Å². The van der Waals surface area contributed by atoms with Crippen molar-refractivity contribution >= 4 is 11.6 Å². The van der Waals surface area contributed by atoms with Gasteiger partial charge in [0.1, 0.15) is 18.1 Å². The van der Waals surface area contributed by atoms with Crippen molar-refractivity contribution in [3.63, 3.8) is 0 Å². The maximum absolute atomic E-state index is 13.5. The van der Waals surface area contributed by atoms with Crippen molar-refractivity contribution in [3.8, 4) is 5.88 Å². The minimum Gasteiger partial charge on any atom is -0.468 e. The molecular weight excluding hydrogens is 281 g/mol. The molecule has 0 unspecified atom stereocenters. The van der Waals surface area contributed by atoms with Crippen molar-refractivity contribution in [2.24, 2.45) is 5.84 Å². The minimum absolute atomic E-state index is 0.0263. The van der Waals surface area contributed by atoms with E-state index >= 15 is 0 Å². The first-order valence-electron chi connectivity index (χ1n) is 5.88. The van der Waals surface area contributed by atoms with Gasteiger partial charge < -0.3 is 4.74 Å². The Morgan fingerprint density at radius 1 is 1.43 bits per heavy atom. The first-order chi connectivity index (χ1) is 10.0. The van der Waals surface area contributed by atoms with Crippen LogP contribution in [0.5, 0.6) is 5.88 Å². The Labute approximate surface area is 118 Å². The predicted octanol–water partition coefficient (Wildman–Crippen LogP) is 1.70. The Morgan fingerprint density at radius 3 is 2.76 bits per heavy atom. The second kappa shape index (κ2) is 6.09. The van der Waals surface area contributed by atoms with Crippen LogP contribution in [-0.4, -0.2) is 14.9 Å². The highest BCUT2D eigenvalue weighted by atomic mass is 19.1. The third-order valence-electron chi connectivity index (χ3n) is 2.66. The standard InChI is InChI=1S/C12H12FN5O3/c1-7-10(18(19)20)11(16-12(15-7)17-14)21-6-8-4-2-3-5-9(8)13/h2-5H,6,14H2,1H3,(H,15,16,17). The molecule has 9 heteroatoms. The van der Waals surface area contributed by atoms with Gasteiger partial charge in [0.25, 0.3) is 5.88 Å². The van der Waals surface area contributed by atoms with Gasteiger partial charge in [0.2, 0.25) is 5.95 Å². The van der Waals surface area contributed by atoms with Gasteiger partial charge in [-0.2, -0.15) is 4.98 Å². The molecule has 1 aromatic carbocycles.